The van der Waals surface area contributed by atoms with E-state index in [1.165, 1.54) is 0 Å². The minimum absolute atomic E-state index is 0.468. The van der Waals surface area contributed by atoms with Gasteiger partial charge < -0.3 is 9.90 Å². The summed E-state index contributed by atoms with van der Waals surface area (Å²) in [7, 11) is 0. The van der Waals surface area contributed by atoms with Crippen molar-refractivity contribution in [1.82, 2.24) is 0 Å². The molecule has 0 bridgehead atoms. The molecule has 1 fully saturated rings. The van der Waals surface area contributed by atoms with Crippen LogP contribution in [0.4, 0.5) is 0 Å². The van der Waals surface area contributed by atoms with Gasteiger partial charge in [0.15, 0.2) is 0 Å². The Morgan fingerprint density at radius 3 is 2.28 bits per heavy atom. The van der Waals surface area contributed by atoms with E-state index in [2.05, 4.69) is 0 Å². The molecule has 95 valence electrons. The summed E-state index contributed by atoms with van der Waals surface area (Å²) in [5.41, 5.74) is -2.32. The highest BCUT2D eigenvalue weighted by molar-refractivity contribution is 5.94. The number of benzene rings is 1. The molecule has 1 radical (unpaired) electrons. The molecule has 0 amide bonds. The molecule has 18 heavy (non-hydrogen) atoms. The van der Waals surface area contributed by atoms with E-state index in [-0.39, 0.29) is 0 Å². The molecule has 1 aromatic rings. The van der Waals surface area contributed by atoms with E-state index in [0.717, 1.165) is 19.3 Å². The topological polar surface area (TPSA) is 54.4 Å². The Morgan fingerprint density at radius 2 is 1.78 bits per heavy atom. The highest BCUT2D eigenvalue weighted by atomic mass is 16.3. The quantitative estimate of drug-likeness (QED) is 0.651. The summed E-state index contributed by atoms with van der Waals surface area (Å²) in [6, 6.07) is 8.74. The van der Waals surface area contributed by atoms with Gasteiger partial charge in [-0.2, -0.15) is 0 Å². The van der Waals surface area contributed by atoms with Crippen molar-refractivity contribution in [3.8, 4) is 0 Å². The largest absolute Gasteiger partial charge is 0.388 e. The van der Waals surface area contributed by atoms with Gasteiger partial charge in [0.05, 0.1) is 5.60 Å². The molecule has 3 nitrogen and oxygen atoms in total. The van der Waals surface area contributed by atoms with Gasteiger partial charge in [-0.05, 0) is 18.4 Å². The van der Waals surface area contributed by atoms with Gasteiger partial charge in [-0.25, -0.2) is 0 Å². The Labute approximate surface area is 107 Å². The fraction of sp³-hybridized carbons (Fsp3) is 0.467. The van der Waals surface area contributed by atoms with E-state index in [0.29, 0.717) is 24.7 Å². The Hall–Kier alpha value is -1.48. The molecule has 3 heteroatoms. The maximum Gasteiger partial charge on any atom is 0.220 e. The summed E-state index contributed by atoms with van der Waals surface area (Å²) in [6.45, 7) is 0. The van der Waals surface area contributed by atoms with Gasteiger partial charge in [-0.3, -0.25) is 4.79 Å². The van der Waals surface area contributed by atoms with Gasteiger partial charge in [0.2, 0.25) is 6.29 Å². The van der Waals surface area contributed by atoms with E-state index in [1.807, 2.05) is 12.4 Å². The normalized spacial score (nSPS) is 19.2. The van der Waals surface area contributed by atoms with E-state index in [1.54, 1.807) is 24.3 Å². The third-order valence-electron chi connectivity index (χ3n) is 3.98. The number of carbonyl (C=O) groups is 1. The maximum absolute atomic E-state index is 11.5. The molecule has 0 heterocycles. The molecule has 1 aliphatic rings. The van der Waals surface area contributed by atoms with Gasteiger partial charge in [-0.15, -0.1) is 0 Å². The smallest absolute Gasteiger partial charge is 0.220 e. The predicted octanol–water partition coefficient (Wildman–Crippen LogP) is 1.93. The highest BCUT2D eigenvalue weighted by Gasteiger charge is 2.52. The van der Waals surface area contributed by atoms with Crippen molar-refractivity contribution in [2.75, 3.05) is 0 Å². The molecule has 1 unspecified atom stereocenters. The average Bonchev–Trinajstić information content (AvgIpc) is 2.42. The lowest BCUT2D eigenvalue weighted by Gasteiger charge is -2.42. The number of carbonyl (C=O) groups excluding carboxylic acids is 2. The lowest BCUT2D eigenvalue weighted by atomic mass is 9.63. The number of aldehydes is 1. The molecule has 0 saturated heterocycles. The van der Waals surface area contributed by atoms with Crippen LogP contribution in [-0.4, -0.2) is 23.3 Å². The van der Waals surface area contributed by atoms with E-state index < -0.39 is 11.0 Å². The van der Waals surface area contributed by atoms with Crippen LogP contribution in [-0.2, 0) is 15.0 Å². The second kappa shape index (κ2) is 5.02. The van der Waals surface area contributed by atoms with Crippen LogP contribution in [0.5, 0.6) is 0 Å². The molecule has 1 aromatic carbocycles. The van der Waals surface area contributed by atoms with Crippen molar-refractivity contribution in [1.29, 1.82) is 0 Å². The van der Waals surface area contributed by atoms with E-state index in [4.69, 9.17) is 0 Å². The number of hydrogen-bond acceptors (Lipinski definition) is 3. The highest BCUT2D eigenvalue weighted by Crippen LogP contribution is 2.42. The second-order valence-electron chi connectivity index (χ2n) is 4.99. The lowest BCUT2D eigenvalue weighted by molar-refractivity contribution is -0.121. The Morgan fingerprint density at radius 1 is 1.17 bits per heavy atom. The first-order chi connectivity index (χ1) is 8.68. The van der Waals surface area contributed by atoms with E-state index in [9.17, 15) is 14.7 Å². The van der Waals surface area contributed by atoms with Crippen molar-refractivity contribution in [3.63, 3.8) is 0 Å². The van der Waals surface area contributed by atoms with Crippen LogP contribution in [0.1, 0.15) is 37.7 Å². The molecule has 2 rings (SSSR count). The van der Waals surface area contributed by atoms with Crippen molar-refractivity contribution in [3.05, 3.63) is 35.9 Å². The van der Waals surface area contributed by atoms with Gasteiger partial charge in [0.25, 0.3) is 0 Å². The first-order valence-corrected chi connectivity index (χ1v) is 6.32. The first kappa shape index (κ1) is 13.0. The van der Waals surface area contributed by atoms with Crippen molar-refractivity contribution < 1.29 is 14.7 Å². The first-order valence-electron chi connectivity index (χ1n) is 6.32. The fourth-order valence-electron chi connectivity index (χ4n) is 2.86. The Balaban J connectivity index is 2.50. The van der Waals surface area contributed by atoms with Gasteiger partial charge in [-0.1, -0.05) is 49.6 Å². The third-order valence-corrected chi connectivity index (χ3v) is 3.98. The fourth-order valence-corrected chi connectivity index (χ4v) is 2.86. The van der Waals surface area contributed by atoms with Crippen LogP contribution in [0.2, 0.25) is 0 Å². The third kappa shape index (κ3) is 1.89. The summed E-state index contributed by atoms with van der Waals surface area (Å²) >= 11 is 0. The number of rotatable bonds is 4. The standard InChI is InChI=1S/C15H17O3/c16-11-14(12-17,13-7-3-1-4-8-13)15(18)9-5-2-6-10-15/h1,3-4,7-8,11,18H,2,5-6,9-10H2. The molecule has 0 spiro atoms. The minimum atomic E-state index is -1.55. The molecular formula is C15H17O3. The minimum Gasteiger partial charge on any atom is -0.388 e. The average molecular weight is 245 g/mol. The van der Waals surface area contributed by atoms with Crippen LogP contribution < -0.4 is 0 Å². The van der Waals surface area contributed by atoms with E-state index >= 15 is 0 Å². The maximum atomic E-state index is 11.5. The van der Waals surface area contributed by atoms with Crippen molar-refractivity contribution in [2.24, 2.45) is 0 Å². The zero-order valence-corrected chi connectivity index (χ0v) is 10.3. The predicted molar refractivity (Wildman–Crippen MR) is 67.9 cm³/mol. The van der Waals surface area contributed by atoms with Gasteiger partial charge in [0, 0.05) is 0 Å². The zero-order valence-electron chi connectivity index (χ0n) is 10.3. The monoisotopic (exact) mass is 245 g/mol. The van der Waals surface area contributed by atoms with Gasteiger partial charge in [0.1, 0.15) is 11.7 Å². The summed E-state index contributed by atoms with van der Waals surface area (Å²) in [5, 5.41) is 10.7. The zero-order chi connectivity index (χ0) is 13.1. The summed E-state index contributed by atoms with van der Waals surface area (Å²) < 4.78 is 0. The van der Waals surface area contributed by atoms with Gasteiger partial charge >= 0.3 is 0 Å². The van der Waals surface area contributed by atoms with Crippen LogP contribution in [0.25, 0.3) is 0 Å². The molecular weight excluding hydrogens is 228 g/mol. The summed E-state index contributed by atoms with van der Waals surface area (Å²) in [4.78, 5) is 23.0. The van der Waals surface area contributed by atoms with Crippen LogP contribution in [0, 0.1) is 0 Å². The molecule has 1 saturated carbocycles. The summed E-state index contributed by atoms with van der Waals surface area (Å²) in [5.74, 6) is 0. The Bertz CT molecular complexity index is 411. The van der Waals surface area contributed by atoms with Crippen LogP contribution in [0.15, 0.2) is 30.3 Å². The Kier molecular flexibility index (Phi) is 3.62. The lowest BCUT2D eigenvalue weighted by Crippen LogP contribution is -2.55. The molecule has 0 aliphatic heterocycles. The molecule has 0 aromatic heterocycles. The second-order valence-corrected chi connectivity index (χ2v) is 4.99. The van der Waals surface area contributed by atoms with Crippen LogP contribution in [0.3, 0.4) is 0 Å². The number of hydrogen-bond donors (Lipinski definition) is 1. The van der Waals surface area contributed by atoms with Crippen LogP contribution >= 0.6 is 0 Å². The SMILES string of the molecule is O=[C]C(C=O)(c1ccccc1)C1(O)CCCCC1. The summed E-state index contributed by atoms with van der Waals surface area (Å²) in [6.07, 6.45) is 6.02. The molecule has 1 aliphatic carbocycles. The molecule has 1 N–H and O–H groups in total. The van der Waals surface area contributed by atoms with Crippen molar-refractivity contribution >= 4 is 12.6 Å². The number of aliphatic hydroxyl groups is 1. The van der Waals surface area contributed by atoms with Crippen molar-refractivity contribution in [2.45, 2.75) is 43.1 Å². The molecule has 1 atom stereocenters.